The Morgan fingerprint density at radius 3 is 2.86 bits per heavy atom. The van der Waals surface area contributed by atoms with Crippen molar-refractivity contribution in [2.24, 2.45) is 0 Å². The number of aromatic amines is 1. The zero-order valence-electron chi connectivity index (χ0n) is 15.0. The van der Waals surface area contributed by atoms with Crippen molar-refractivity contribution in [3.63, 3.8) is 0 Å². The van der Waals surface area contributed by atoms with E-state index in [4.69, 9.17) is 14.6 Å². The van der Waals surface area contributed by atoms with Gasteiger partial charge in [-0.15, -0.1) is 0 Å². The van der Waals surface area contributed by atoms with Crippen LogP contribution in [0.4, 0.5) is 0 Å². The number of benzene rings is 2. The SMILES string of the molecule is O=C(O)c1cnn(-c2nc3ccc(-c4cccc5c4OCCO5)cc3c(=O)[nH]2)c1. The van der Waals surface area contributed by atoms with Crippen molar-refractivity contribution in [3.8, 4) is 28.6 Å². The van der Waals surface area contributed by atoms with E-state index >= 15 is 0 Å². The topological polar surface area (TPSA) is 119 Å². The zero-order chi connectivity index (χ0) is 20.0. The van der Waals surface area contributed by atoms with Crippen LogP contribution in [0.25, 0.3) is 28.0 Å². The Hall–Kier alpha value is -4.14. The van der Waals surface area contributed by atoms with Crippen molar-refractivity contribution in [2.75, 3.05) is 13.2 Å². The standard InChI is InChI=1S/C20H14N4O5/c25-18-14-8-11(13-2-1-3-16-17(13)29-7-6-28-16)4-5-15(14)22-20(23-18)24-10-12(9-21-24)19(26)27/h1-5,8-10H,6-7H2,(H,26,27)(H,22,23,25). The fourth-order valence-corrected chi connectivity index (χ4v) is 3.25. The van der Waals surface area contributed by atoms with E-state index in [1.807, 2.05) is 24.3 Å². The minimum atomic E-state index is -1.11. The number of hydrogen-bond acceptors (Lipinski definition) is 6. The lowest BCUT2D eigenvalue weighted by atomic mass is 10.0. The Bertz CT molecular complexity index is 1320. The molecule has 5 rings (SSSR count). The molecular weight excluding hydrogens is 376 g/mol. The Morgan fingerprint density at radius 2 is 2.03 bits per heavy atom. The maximum Gasteiger partial charge on any atom is 0.338 e. The van der Waals surface area contributed by atoms with Gasteiger partial charge in [-0.2, -0.15) is 5.10 Å². The molecule has 0 fully saturated rings. The monoisotopic (exact) mass is 390 g/mol. The predicted octanol–water partition coefficient (Wildman–Crippen LogP) is 2.25. The minimum absolute atomic E-state index is 0.000774. The molecule has 0 atom stereocenters. The molecule has 1 aliphatic heterocycles. The van der Waals surface area contributed by atoms with E-state index in [0.717, 1.165) is 11.1 Å². The molecule has 2 N–H and O–H groups in total. The summed E-state index contributed by atoms with van der Waals surface area (Å²) in [5.74, 6) is 0.346. The number of carboxylic acid groups (broad SMARTS) is 1. The van der Waals surface area contributed by atoms with E-state index in [9.17, 15) is 9.59 Å². The number of aromatic nitrogens is 4. The number of rotatable bonds is 3. The summed E-state index contributed by atoms with van der Waals surface area (Å²) in [6.07, 6.45) is 2.48. The largest absolute Gasteiger partial charge is 0.486 e. The van der Waals surface area contributed by atoms with E-state index in [-0.39, 0.29) is 17.1 Å². The highest BCUT2D eigenvalue weighted by molar-refractivity contribution is 5.87. The van der Waals surface area contributed by atoms with Crippen LogP contribution in [0.15, 0.2) is 53.6 Å². The van der Waals surface area contributed by atoms with Gasteiger partial charge in [0.05, 0.1) is 22.7 Å². The number of carboxylic acids is 1. The van der Waals surface area contributed by atoms with E-state index < -0.39 is 5.97 Å². The van der Waals surface area contributed by atoms with Crippen molar-refractivity contribution < 1.29 is 19.4 Å². The van der Waals surface area contributed by atoms with Crippen molar-refractivity contribution >= 4 is 16.9 Å². The van der Waals surface area contributed by atoms with Crippen molar-refractivity contribution in [1.29, 1.82) is 0 Å². The zero-order valence-corrected chi connectivity index (χ0v) is 15.0. The van der Waals surface area contributed by atoms with Crippen LogP contribution < -0.4 is 15.0 Å². The van der Waals surface area contributed by atoms with Gasteiger partial charge in [-0.3, -0.25) is 9.78 Å². The molecule has 29 heavy (non-hydrogen) atoms. The molecule has 2 aromatic heterocycles. The number of hydrogen-bond donors (Lipinski definition) is 2. The molecule has 0 spiro atoms. The van der Waals surface area contributed by atoms with E-state index in [1.54, 1.807) is 12.1 Å². The Kier molecular flexibility index (Phi) is 3.80. The van der Waals surface area contributed by atoms with Gasteiger partial charge in [0.15, 0.2) is 11.5 Å². The lowest BCUT2D eigenvalue weighted by molar-refractivity contribution is 0.0697. The number of H-pyrrole nitrogens is 1. The van der Waals surface area contributed by atoms with Gasteiger partial charge in [0, 0.05) is 11.8 Å². The molecule has 0 unspecified atom stereocenters. The molecule has 0 saturated carbocycles. The summed E-state index contributed by atoms with van der Waals surface area (Å²) in [6.45, 7) is 0.961. The molecule has 0 bridgehead atoms. The molecule has 2 aromatic carbocycles. The van der Waals surface area contributed by atoms with E-state index in [1.165, 1.54) is 17.1 Å². The smallest absolute Gasteiger partial charge is 0.338 e. The number of nitrogens with zero attached hydrogens (tertiary/aromatic N) is 3. The summed E-state index contributed by atoms with van der Waals surface area (Å²) in [7, 11) is 0. The second-order valence-corrected chi connectivity index (χ2v) is 6.43. The maximum absolute atomic E-state index is 12.7. The second-order valence-electron chi connectivity index (χ2n) is 6.43. The van der Waals surface area contributed by atoms with Crippen LogP contribution in [0.3, 0.4) is 0 Å². The summed E-state index contributed by atoms with van der Waals surface area (Å²) in [6, 6.07) is 10.9. The van der Waals surface area contributed by atoms with Crippen molar-refractivity contribution in [2.45, 2.75) is 0 Å². The fourth-order valence-electron chi connectivity index (χ4n) is 3.25. The first-order valence-electron chi connectivity index (χ1n) is 8.81. The Labute approximate surface area is 163 Å². The third kappa shape index (κ3) is 2.89. The highest BCUT2D eigenvalue weighted by Gasteiger charge is 2.18. The quantitative estimate of drug-likeness (QED) is 0.550. The number of nitrogens with one attached hydrogen (secondary N) is 1. The van der Waals surface area contributed by atoms with E-state index in [0.29, 0.717) is 35.6 Å². The third-order valence-corrected chi connectivity index (χ3v) is 4.62. The highest BCUT2D eigenvalue weighted by Crippen LogP contribution is 2.40. The minimum Gasteiger partial charge on any atom is -0.486 e. The molecule has 4 aromatic rings. The van der Waals surface area contributed by atoms with Crippen LogP contribution in [0, 0.1) is 0 Å². The van der Waals surface area contributed by atoms with Gasteiger partial charge in [0.2, 0.25) is 5.95 Å². The van der Waals surface area contributed by atoms with Crippen LogP contribution in [0.5, 0.6) is 11.5 Å². The summed E-state index contributed by atoms with van der Waals surface area (Å²) >= 11 is 0. The number of carbonyl (C=O) groups is 1. The van der Waals surface area contributed by atoms with Crippen molar-refractivity contribution in [3.05, 3.63) is 64.7 Å². The molecule has 144 valence electrons. The summed E-state index contributed by atoms with van der Waals surface area (Å²) < 4.78 is 12.6. The van der Waals surface area contributed by atoms with Gasteiger partial charge < -0.3 is 14.6 Å². The molecule has 9 heteroatoms. The van der Waals surface area contributed by atoms with E-state index in [2.05, 4.69) is 15.1 Å². The van der Waals surface area contributed by atoms with Crippen LogP contribution in [0.1, 0.15) is 10.4 Å². The third-order valence-electron chi connectivity index (χ3n) is 4.62. The predicted molar refractivity (Wildman–Crippen MR) is 103 cm³/mol. The molecule has 1 aliphatic rings. The molecule has 3 heterocycles. The number of para-hydroxylation sites is 1. The molecule has 0 saturated heterocycles. The maximum atomic E-state index is 12.7. The molecular formula is C20H14N4O5. The number of fused-ring (bicyclic) bond motifs is 2. The molecule has 0 aliphatic carbocycles. The summed E-state index contributed by atoms with van der Waals surface area (Å²) in [4.78, 5) is 30.8. The first kappa shape index (κ1) is 17.0. The first-order valence-corrected chi connectivity index (χ1v) is 8.81. The van der Waals surface area contributed by atoms with Crippen LogP contribution in [-0.4, -0.2) is 44.0 Å². The van der Waals surface area contributed by atoms with Crippen LogP contribution in [0.2, 0.25) is 0 Å². The van der Waals surface area contributed by atoms with Crippen molar-refractivity contribution in [1.82, 2.24) is 19.7 Å². The highest BCUT2D eigenvalue weighted by atomic mass is 16.6. The average Bonchev–Trinajstić information content (AvgIpc) is 3.24. The Balaban J connectivity index is 1.61. The van der Waals surface area contributed by atoms with Gasteiger partial charge in [0.25, 0.3) is 5.56 Å². The van der Waals surface area contributed by atoms with Gasteiger partial charge in [0.1, 0.15) is 13.2 Å². The van der Waals surface area contributed by atoms with Gasteiger partial charge in [-0.25, -0.2) is 14.5 Å². The second kappa shape index (κ2) is 6.48. The summed E-state index contributed by atoms with van der Waals surface area (Å²) in [5.41, 5.74) is 1.72. The Morgan fingerprint density at radius 1 is 1.17 bits per heavy atom. The summed E-state index contributed by atoms with van der Waals surface area (Å²) in [5, 5.41) is 13.4. The lowest BCUT2D eigenvalue weighted by Crippen LogP contribution is -2.16. The van der Waals surface area contributed by atoms with Gasteiger partial charge in [-0.1, -0.05) is 18.2 Å². The number of aromatic carboxylic acids is 1. The molecule has 9 nitrogen and oxygen atoms in total. The number of ether oxygens (including phenoxy) is 2. The normalized spacial score (nSPS) is 12.8. The molecule has 0 radical (unpaired) electrons. The fraction of sp³-hybridized carbons (Fsp3) is 0.100. The average molecular weight is 390 g/mol. The lowest BCUT2D eigenvalue weighted by Gasteiger charge is -2.21. The van der Waals surface area contributed by atoms with Crippen LogP contribution >= 0.6 is 0 Å². The molecule has 0 amide bonds. The first-order chi connectivity index (χ1) is 14.1. The van der Waals surface area contributed by atoms with Gasteiger partial charge in [-0.05, 0) is 23.8 Å². The van der Waals surface area contributed by atoms with Gasteiger partial charge >= 0.3 is 5.97 Å². The van der Waals surface area contributed by atoms with Crippen LogP contribution in [-0.2, 0) is 0 Å².